The van der Waals surface area contributed by atoms with Gasteiger partial charge in [-0.15, -0.1) is 0 Å². The highest BCUT2D eigenvalue weighted by Crippen LogP contribution is 1.97. The van der Waals surface area contributed by atoms with E-state index in [4.69, 9.17) is 14.9 Å². The number of hydrogen-bond acceptors (Lipinski definition) is 4. The summed E-state index contributed by atoms with van der Waals surface area (Å²) in [4.78, 5) is 10.8. The molecule has 0 rings (SSSR count). The van der Waals surface area contributed by atoms with E-state index in [-0.39, 0.29) is 18.8 Å². The first-order valence-corrected chi connectivity index (χ1v) is 4.18. The Morgan fingerprint density at radius 1 is 1.50 bits per heavy atom. The van der Waals surface area contributed by atoms with Crippen molar-refractivity contribution in [1.29, 1.82) is 0 Å². The molecule has 0 aromatic carbocycles. The molecule has 0 heterocycles. The summed E-state index contributed by atoms with van der Waals surface area (Å²) in [7, 11) is 0. The lowest BCUT2D eigenvalue weighted by molar-refractivity contribution is -0.146. The molecule has 0 aliphatic carbocycles. The van der Waals surface area contributed by atoms with Crippen LogP contribution in [0.2, 0.25) is 0 Å². The van der Waals surface area contributed by atoms with Crippen LogP contribution < -0.4 is 0 Å². The second kappa shape index (κ2) is 7.06. The highest BCUT2D eigenvalue weighted by molar-refractivity contribution is 5.69. The third-order valence-electron chi connectivity index (χ3n) is 1.37. The highest BCUT2D eigenvalue weighted by atomic mass is 16.5. The summed E-state index contributed by atoms with van der Waals surface area (Å²) in [5, 5.41) is 16.8. The molecule has 72 valence electrons. The minimum Gasteiger partial charge on any atom is -0.466 e. The monoisotopic (exact) mass is 176 g/mol. The molecule has 0 saturated carbocycles. The van der Waals surface area contributed by atoms with E-state index in [1.807, 2.05) is 6.92 Å². The smallest absolute Gasteiger partial charge is 0.305 e. The van der Waals surface area contributed by atoms with Crippen molar-refractivity contribution in [2.45, 2.75) is 38.9 Å². The van der Waals surface area contributed by atoms with Crippen LogP contribution >= 0.6 is 0 Å². The van der Waals surface area contributed by atoms with Crippen LogP contribution in [-0.4, -0.2) is 29.1 Å². The first-order chi connectivity index (χ1) is 5.66. The van der Waals surface area contributed by atoms with Crippen LogP contribution in [0.4, 0.5) is 0 Å². The van der Waals surface area contributed by atoms with Gasteiger partial charge in [0.1, 0.15) is 0 Å². The molecular formula is C8H16O4. The van der Waals surface area contributed by atoms with E-state index < -0.39 is 6.29 Å². The van der Waals surface area contributed by atoms with E-state index in [1.54, 1.807) is 0 Å². The number of ether oxygens (including phenoxy) is 1. The van der Waals surface area contributed by atoms with Crippen LogP contribution in [0.1, 0.15) is 32.6 Å². The molecule has 0 bridgehead atoms. The molecule has 0 aliphatic rings. The second-order valence-corrected chi connectivity index (χ2v) is 2.59. The van der Waals surface area contributed by atoms with E-state index in [0.29, 0.717) is 6.61 Å². The average Bonchev–Trinajstić information content (AvgIpc) is 2.01. The number of rotatable bonds is 6. The fraction of sp³-hybridized carbons (Fsp3) is 0.875. The number of unbranched alkanes of at least 4 members (excludes halogenated alkanes) is 1. The van der Waals surface area contributed by atoms with Crippen molar-refractivity contribution >= 4 is 5.97 Å². The Kier molecular flexibility index (Phi) is 6.70. The fourth-order valence-corrected chi connectivity index (χ4v) is 0.649. The number of esters is 1. The molecule has 0 fully saturated rings. The van der Waals surface area contributed by atoms with Crippen LogP contribution in [0, 0.1) is 0 Å². The zero-order valence-corrected chi connectivity index (χ0v) is 7.32. The van der Waals surface area contributed by atoms with Gasteiger partial charge in [0.05, 0.1) is 13.0 Å². The Hall–Kier alpha value is -0.610. The van der Waals surface area contributed by atoms with Crippen molar-refractivity contribution in [1.82, 2.24) is 0 Å². The fourth-order valence-electron chi connectivity index (χ4n) is 0.649. The number of aliphatic hydroxyl groups excluding tert-OH is 1. The molecule has 0 amide bonds. The van der Waals surface area contributed by atoms with E-state index in [9.17, 15) is 4.79 Å². The zero-order valence-electron chi connectivity index (χ0n) is 7.32. The summed E-state index contributed by atoms with van der Waals surface area (Å²) in [5.74, 6) is -0.364. The Balaban J connectivity index is 3.22. The molecule has 12 heavy (non-hydrogen) atoms. The maximum Gasteiger partial charge on any atom is 0.305 e. The molecule has 0 saturated heterocycles. The summed E-state index contributed by atoms with van der Waals surface area (Å²) < 4.78 is 4.77. The van der Waals surface area contributed by atoms with Crippen LogP contribution in [0.3, 0.4) is 0 Å². The molecule has 0 aromatic heterocycles. The number of aliphatic hydroxyl groups is 2. The van der Waals surface area contributed by atoms with Crippen molar-refractivity contribution in [2.75, 3.05) is 6.61 Å². The topological polar surface area (TPSA) is 66.8 Å². The molecule has 4 heteroatoms. The lowest BCUT2D eigenvalue weighted by Gasteiger charge is -2.04. The first kappa shape index (κ1) is 11.4. The molecule has 0 aliphatic heterocycles. The molecule has 0 atom stereocenters. The number of carbonyl (C=O) groups is 1. The Bertz CT molecular complexity index is 122. The molecular weight excluding hydrogens is 160 g/mol. The van der Waals surface area contributed by atoms with Gasteiger partial charge in [0.25, 0.3) is 0 Å². The lowest BCUT2D eigenvalue weighted by Crippen LogP contribution is -2.11. The lowest BCUT2D eigenvalue weighted by atomic mass is 10.3. The quantitative estimate of drug-likeness (QED) is 0.349. The summed E-state index contributed by atoms with van der Waals surface area (Å²) in [6.45, 7) is 2.43. The summed E-state index contributed by atoms with van der Waals surface area (Å²) in [6, 6.07) is 0. The Morgan fingerprint density at radius 2 is 2.17 bits per heavy atom. The van der Waals surface area contributed by atoms with E-state index in [2.05, 4.69) is 0 Å². The maximum absolute atomic E-state index is 10.8. The number of carbonyl (C=O) groups excluding carboxylic acids is 1. The van der Waals surface area contributed by atoms with Crippen molar-refractivity contribution in [3.8, 4) is 0 Å². The van der Waals surface area contributed by atoms with Crippen LogP contribution in [-0.2, 0) is 9.53 Å². The Labute approximate surface area is 72.2 Å². The minimum absolute atomic E-state index is 0.0466. The van der Waals surface area contributed by atoms with Gasteiger partial charge in [0, 0.05) is 6.42 Å². The van der Waals surface area contributed by atoms with Gasteiger partial charge in [0.2, 0.25) is 0 Å². The predicted molar refractivity (Wildman–Crippen MR) is 43.3 cm³/mol. The molecule has 0 unspecified atom stereocenters. The third-order valence-corrected chi connectivity index (χ3v) is 1.37. The summed E-state index contributed by atoms with van der Waals surface area (Å²) in [6.07, 6.45) is 0.541. The van der Waals surface area contributed by atoms with Crippen molar-refractivity contribution in [2.24, 2.45) is 0 Å². The van der Waals surface area contributed by atoms with Crippen molar-refractivity contribution in [3.63, 3.8) is 0 Å². The normalized spacial score (nSPS) is 10.3. The van der Waals surface area contributed by atoms with Crippen LogP contribution in [0.15, 0.2) is 0 Å². The van der Waals surface area contributed by atoms with Gasteiger partial charge in [-0.05, 0) is 6.42 Å². The van der Waals surface area contributed by atoms with E-state index >= 15 is 0 Å². The summed E-state index contributed by atoms with van der Waals surface area (Å²) in [5.41, 5.74) is 0. The molecule has 0 spiro atoms. The number of hydrogen-bond donors (Lipinski definition) is 2. The van der Waals surface area contributed by atoms with Gasteiger partial charge in [-0.2, -0.15) is 0 Å². The van der Waals surface area contributed by atoms with Gasteiger partial charge in [-0.3, -0.25) is 4.79 Å². The molecule has 4 nitrogen and oxygen atoms in total. The predicted octanol–water partition coefficient (Wildman–Crippen LogP) is 0.421. The molecule has 0 radical (unpaired) electrons. The van der Waals surface area contributed by atoms with Gasteiger partial charge in [-0.25, -0.2) is 0 Å². The first-order valence-electron chi connectivity index (χ1n) is 4.18. The van der Waals surface area contributed by atoms with Crippen molar-refractivity contribution < 1.29 is 19.7 Å². The van der Waals surface area contributed by atoms with Crippen LogP contribution in [0.25, 0.3) is 0 Å². The second-order valence-electron chi connectivity index (χ2n) is 2.59. The van der Waals surface area contributed by atoms with E-state index in [0.717, 1.165) is 12.8 Å². The van der Waals surface area contributed by atoms with Gasteiger partial charge < -0.3 is 14.9 Å². The third kappa shape index (κ3) is 7.50. The van der Waals surface area contributed by atoms with Gasteiger partial charge in [0.15, 0.2) is 6.29 Å². The highest BCUT2D eigenvalue weighted by Gasteiger charge is 2.05. The summed E-state index contributed by atoms with van der Waals surface area (Å²) >= 11 is 0. The maximum atomic E-state index is 10.8. The minimum atomic E-state index is -1.41. The Morgan fingerprint density at radius 3 is 2.67 bits per heavy atom. The zero-order chi connectivity index (χ0) is 9.40. The van der Waals surface area contributed by atoms with Crippen molar-refractivity contribution in [3.05, 3.63) is 0 Å². The van der Waals surface area contributed by atoms with Gasteiger partial charge in [-0.1, -0.05) is 13.3 Å². The van der Waals surface area contributed by atoms with Gasteiger partial charge >= 0.3 is 5.97 Å². The average molecular weight is 176 g/mol. The van der Waals surface area contributed by atoms with E-state index in [1.165, 1.54) is 0 Å². The molecule has 0 aromatic rings. The molecule has 2 N–H and O–H groups in total. The standard InChI is InChI=1S/C8H16O4/c1-2-3-6-12-8(11)5-4-7(9)10/h7,9-10H,2-6H2,1H3. The van der Waals surface area contributed by atoms with Crippen LogP contribution in [0.5, 0.6) is 0 Å². The largest absolute Gasteiger partial charge is 0.466 e. The SMILES string of the molecule is CCCCOC(=O)CCC(O)O.